The Kier molecular flexibility index (Phi) is 6.03. The third kappa shape index (κ3) is 4.99. The van der Waals surface area contributed by atoms with Gasteiger partial charge in [0.2, 0.25) is 17.1 Å². The molecule has 0 spiro atoms. The van der Waals surface area contributed by atoms with E-state index in [0.29, 0.717) is 32.3 Å². The number of aromatic nitrogens is 6. The Morgan fingerprint density at radius 2 is 1.40 bits per heavy atom. The van der Waals surface area contributed by atoms with Crippen LogP contribution in [0.25, 0.3) is 0 Å². The summed E-state index contributed by atoms with van der Waals surface area (Å²) in [6.07, 6.45) is 1.43. The number of nitrogens with one attached hydrogen (secondary N) is 3. The molecule has 0 unspecified atom stereocenters. The molecular weight excluding hydrogens is 443 g/mol. The van der Waals surface area contributed by atoms with Crippen molar-refractivity contribution in [3.8, 4) is 0 Å². The van der Waals surface area contributed by atoms with Gasteiger partial charge in [-0.25, -0.2) is 4.98 Å². The number of aromatic amines is 1. The molecule has 0 amide bonds. The molecule has 0 saturated carbocycles. The van der Waals surface area contributed by atoms with Crippen LogP contribution in [-0.4, -0.2) is 30.1 Å². The number of hydrogen-bond donors (Lipinski definition) is 3. The van der Waals surface area contributed by atoms with Gasteiger partial charge in [-0.15, -0.1) is 0 Å². The average Bonchev–Trinajstić information content (AvgIpc) is 3.20. The first-order chi connectivity index (χ1) is 14.5. The SMILES string of the molecule is Cc1cc(Nc2nc(Nc3ccc(Cl)c(C)c3)nc(Sc3ncn[nH]3)n2)ccc1Cl. The van der Waals surface area contributed by atoms with Gasteiger partial charge in [-0.05, 0) is 73.1 Å². The second-order valence-corrected chi connectivity index (χ2v) is 8.11. The Bertz CT molecular complexity index is 1110. The standard InChI is InChI=1S/C19H16Cl2N8S/c1-10-7-12(3-5-14(10)20)24-16-26-17(25-13-4-6-15(21)11(2)8-13)28-19(27-16)30-18-22-9-23-29-18/h3-9H,1-2H3,(H,22,23,29)(H2,24,25,26,27,28). The predicted octanol–water partition coefficient (Wildman–Crippen LogP) is 5.55. The largest absolute Gasteiger partial charge is 0.324 e. The van der Waals surface area contributed by atoms with Gasteiger partial charge in [-0.3, -0.25) is 5.10 Å². The number of benzene rings is 2. The van der Waals surface area contributed by atoms with Crippen LogP contribution in [0.1, 0.15) is 11.1 Å². The maximum Gasteiger partial charge on any atom is 0.233 e. The summed E-state index contributed by atoms with van der Waals surface area (Å²) in [7, 11) is 0. The molecule has 2 aromatic heterocycles. The third-order valence-electron chi connectivity index (χ3n) is 4.02. The van der Waals surface area contributed by atoms with E-state index in [9.17, 15) is 0 Å². The lowest BCUT2D eigenvalue weighted by molar-refractivity contribution is 0.904. The van der Waals surface area contributed by atoms with E-state index in [1.54, 1.807) is 0 Å². The van der Waals surface area contributed by atoms with E-state index in [0.717, 1.165) is 22.5 Å². The van der Waals surface area contributed by atoms with Gasteiger partial charge in [0.05, 0.1) is 0 Å². The first kappa shape index (κ1) is 20.4. The molecule has 0 atom stereocenters. The summed E-state index contributed by atoms with van der Waals surface area (Å²) < 4.78 is 0. The molecule has 0 aliphatic rings. The minimum absolute atomic E-state index is 0.377. The van der Waals surface area contributed by atoms with Gasteiger partial charge < -0.3 is 10.6 Å². The third-order valence-corrected chi connectivity index (χ3v) is 5.63. The summed E-state index contributed by atoms with van der Waals surface area (Å²) in [4.78, 5) is 17.5. The number of hydrogen-bond acceptors (Lipinski definition) is 8. The minimum Gasteiger partial charge on any atom is -0.324 e. The number of anilines is 4. The molecule has 0 fully saturated rings. The highest BCUT2D eigenvalue weighted by molar-refractivity contribution is 7.99. The molecule has 3 N–H and O–H groups in total. The maximum absolute atomic E-state index is 6.12. The molecule has 2 heterocycles. The van der Waals surface area contributed by atoms with Crippen LogP contribution in [0.3, 0.4) is 0 Å². The van der Waals surface area contributed by atoms with Crippen molar-refractivity contribution >= 4 is 58.2 Å². The smallest absolute Gasteiger partial charge is 0.233 e. The van der Waals surface area contributed by atoms with Crippen LogP contribution in [0.15, 0.2) is 53.0 Å². The zero-order valence-electron chi connectivity index (χ0n) is 15.9. The lowest BCUT2D eigenvalue weighted by Crippen LogP contribution is -2.05. The van der Waals surface area contributed by atoms with E-state index in [1.807, 2.05) is 50.2 Å². The van der Waals surface area contributed by atoms with Crippen LogP contribution in [0.2, 0.25) is 10.0 Å². The molecule has 152 valence electrons. The summed E-state index contributed by atoms with van der Waals surface area (Å²) in [6, 6.07) is 11.2. The Hall–Kier alpha value is -2.88. The van der Waals surface area contributed by atoms with Crippen molar-refractivity contribution in [1.29, 1.82) is 0 Å². The highest BCUT2D eigenvalue weighted by Crippen LogP contribution is 2.27. The van der Waals surface area contributed by atoms with Gasteiger partial charge in [0.25, 0.3) is 0 Å². The molecule has 0 bridgehead atoms. The number of H-pyrrole nitrogens is 1. The Morgan fingerprint density at radius 1 is 0.833 bits per heavy atom. The Morgan fingerprint density at radius 3 is 1.87 bits per heavy atom. The molecule has 0 aliphatic carbocycles. The minimum atomic E-state index is 0.377. The van der Waals surface area contributed by atoms with Gasteiger partial charge in [0.15, 0.2) is 5.16 Å². The van der Waals surface area contributed by atoms with Crippen molar-refractivity contribution < 1.29 is 0 Å². The fourth-order valence-electron chi connectivity index (χ4n) is 2.55. The zero-order valence-corrected chi connectivity index (χ0v) is 18.3. The summed E-state index contributed by atoms with van der Waals surface area (Å²) in [5, 5.41) is 15.4. The second kappa shape index (κ2) is 8.86. The first-order valence-electron chi connectivity index (χ1n) is 8.82. The fourth-order valence-corrected chi connectivity index (χ4v) is 3.42. The van der Waals surface area contributed by atoms with Crippen LogP contribution in [0, 0.1) is 13.8 Å². The highest BCUT2D eigenvalue weighted by Gasteiger charge is 2.11. The van der Waals surface area contributed by atoms with Gasteiger partial charge in [0, 0.05) is 21.4 Å². The summed E-state index contributed by atoms with van der Waals surface area (Å²) in [5.41, 5.74) is 3.52. The van der Waals surface area contributed by atoms with Crippen LogP contribution >= 0.6 is 35.0 Å². The van der Waals surface area contributed by atoms with E-state index < -0.39 is 0 Å². The number of aryl methyl sites for hydroxylation is 2. The van der Waals surface area contributed by atoms with E-state index in [4.69, 9.17) is 23.2 Å². The zero-order chi connectivity index (χ0) is 21.1. The number of nitrogens with zero attached hydrogens (tertiary/aromatic N) is 5. The molecule has 4 aromatic rings. The molecule has 0 aliphatic heterocycles. The molecule has 11 heteroatoms. The molecule has 8 nitrogen and oxygen atoms in total. The molecule has 30 heavy (non-hydrogen) atoms. The van der Waals surface area contributed by atoms with Crippen molar-refractivity contribution in [1.82, 2.24) is 30.1 Å². The molecule has 0 saturated heterocycles. The lowest BCUT2D eigenvalue weighted by Gasteiger charge is -2.11. The quantitative estimate of drug-likeness (QED) is 0.345. The van der Waals surface area contributed by atoms with Gasteiger partial charge in [-0.2, -0.15) is 20.1 Å². The Balaban J connectivity index is 1.66. The summed E-state index contributed by atoms with van der Waals surface area (Å²) in [5.74, 6) is 0.754. The van der Waals surface area contributed by atoms with Gasteiger partial charge in [0.1, 0.15) is 6.33 Å². The van der Waals surface area contributed by atoms with Crippen molar-refractivity contribution in [3.63, 3.8) is 0 Å². The van der Waals surface area contributed by atoms with E-state index in [1.165, 1.54) is 18.1 Å². The Labute approximate surface area is 186 Å². The molecule has 0 radical (unpaired) electrons. The van der Waals surface area contributed by atoms with Crippen molar-refractivity contribution in [2.45, 2.75) is 24.2 Å². The average molecular weight is 459 g/mol. The topological polar surface area (TPSA) is 104 Å². The fraction of sp³-hybridized carbons (Fsp3) is 0.105. The molecular formula is C19H16Cl2N8S. The van der Waals surface area contributed by atoms with E-state index >= 15 is 0 Å². The summed E-state index contributed by atoms with van der Waals surface area (Å²) in [6.45, 7) is 3.86. The van der Waals surface area contributed by atoms with Crippen molar-refractivity contribution in [2.75, 3.05) is 10.6 Å². The van der Waals surface area contributed by atoms with Crippen molar-refractivity contribution in [2.24, 2.45) is 0 Å². The maximum atomic E-state index is 6.12. The lowest BCUT2D eigenvalue weighted by atomic mass is 10.2. The van der Waals surface area contributed by atoms with Crippen LogP contribution in [0.5, 0.6) is 0 Å². The number of halogens is 2. The highest BCUT2D eigenvalue weighted by atomic mass is 35.5. The predicted molar refractivity (Wildman–Crippen MR) is 119 cm³/mol. The van der Waals surface area contributed by atoms with Crippen LogP contribution in [0.4, 0.5) is 23.3 Å². The van der Waals surface area contributed by atoms with Gasteiger partial charge >= 0.3 is 0 Å². The monoisotopic (exact) mass is 458 g/mol. The molecule has 2 aromatic carbocycles. The number of rotatable bonds is 6. The van der Waals surface area contributed by atoms with E-state index in [-0.39, 0.29) is 0 Å². The van der Waals surface area contributed by atoms with E-state index in [2.05, 4.69) is 40.8 Å². The normalized spacial score (nSPS) is 10.8. The van der Waals surface area contributed by atoms with Crippen molar-refractivity contribution in [3.05, 3.63) is 63.9 Å². The second-order valence-electron chi connectivity index (χ2n) is 6.34. The first-order valence-corrected chi connectivity index (χ1v) is 10.4. The summed E-state index contributed by atoms with van der Waals surface area (Å²) >= 11 is 13.5. The van der Waals surface area contributed by atoms with Crippen LogP contribution in [-0.2, 0) is 0 Å². The van der Waals surface area contributed by atoms with Crippen LogP contribution < -0.4 is 10.6 Å². The molecule has 4 rings (SSSR count). The van der Waals surface area contributed by atoms with Gasteiger partial charge in [-0.1, -0.05) is 23.2 Å².